The van der Waals surface area contributed by atoms with E-state index in [1.165, 1.54) is 5.56 Å². The van der Waals surface area contributed by atoms with Gasteiger partial charge in [-0.25, -0.2) is 4.79 Å². The number of anilines is 1. The van der Waals surface area contributed by atoms with Crippen LogP contribution in [-0.2, 0) is 5.41 Å². The first kappa shape index (κ1) is 18.8. The number of urea groups is 1. The van der Waals surface area contributed by atoms with Crippen LogP contribution in [0.2, 0.25) is 0 Å². The number of hydrogen-bond donors (Lipinski definition) is 2. The molecule has 0 fully saturated rings. The van der Waals surface area contributed by atoms with Crippen LogP contribution in [0.25, 0.3) is 0 Å². The lowest BCUT2D eigenvalue weighted by atomic mass is 9.85. The molecule has 0 aliphatic rings. The van der Waals surface area contributed by atoms with Gasteiger partial charge >= 0.3 is 6.03 Å². The Labute approximate surface area is 150 Å². The summed E-state index contributed by atoms with van der Waals surface area (Å²) in [7, 11) is 0. The van der Waals surface area contributed by atoms with E-state index in [0.717, 1.165) is 28.1 Å². The second kappa shape index (κ2) is 7.60. The molecule has 0 spiro atoms. The summed E-state index contributed by atoms with van der Waals surface area (Å²) >= 11 is 0. The van der Waals surface area contributed by atoms with E-state index in [0.29, 0.717) is 0 Å². The minimum absolute atomic E-state index is 0.0251. The normalized spacial score (nSPS) is 11.1. The third-order valence-corrected chi connectivity index (χ3v) is 3.88. The average Bonchev–Trinajstić information content (AvgIpc) is 2.46. The molecule has 0 aliphatic heterocycles. The van der Waals surface area contributed by atoms with Gasteiger partial charge in [-0.1, -0.05) is 44.5 Å². The van der Waals surface area contributed by atoms with Crippen LogP contribution < -0.4 is 15.4 Å². The van der Waals surface area contributed by atoms with Crippen molar-refractivity contribution in [2.24, 2.45) is 0 Å². The largest absolute Gasteiger partial charge is 0.473 e. The van der Waals surface area contributed by atoms with Crippen molar-refractivity contribution in [1.82, 2.24) is 5.32 Å². The fourth-order valence-electron chi connectivity index (χ4n) is 2.76. The fourth-order valence-corrected chi connectivity index (χ4v) is 2.76. The highest BCUT2D eigenvalue weighted by atomic mass is 16.5. The van der Waals surface area contributed by atoms with E-state index in [2.05, 4.69) is 50.5 Å². The number of hydrogen-bond acceptors (Lipinski definition) is 2. The van der Waals surface area contributed by atoms with E-state index >= 15 is 0 Å². The van der Waals surface area contributed by atoms with Crippen LogP contribution in [0, 0.1) is 20.8 Å². The van der Waals surface area contributed by atoms with Gasteiger partial charge in [0.1, 0.15) is 5.75 Å². The summed E-state index contributed by atoms with van der Waals surface area (Å²) < 4.78 is 5.80. The third-order valence-electron chi connectivity index (χ3n) is 3.88. The summed E-state index contributed by atoms with van der Waals surface area (Å²) in [6.45, 7) is 12.6. The zero-order valence-corrected chi connectivity index (χ0v) is 16.0. The third kappa shape index (κ3) is 5.52. The molecule has 0 aliphatic carbocycles. The molecule has 2 N–H and O–H groups in total. The Balaban J connectivity index is 1.95. The minimum Gasteiger partial charge on any atom is -0.473 e. The molecule has 2 rings (SSSR count). The molecule has 0 atom stereocenters. The highest BCUT2D eigenvalue weighted by Gasteiger charge is 2.19. The maximum Gasteiger partial charge on any atom is 0.321 e. The summed E-state index contributed by atoms with van der Waals surface area (Å²) in [5.74, 6) is 0.796. The SMILES string of the molecule is Cc1cc(C)cc(NC(=O)NCOc2ccc(C)cc2C(C)(C)C)c1. The van der Waals surface area contributed by atoms with Gasteiger partial charge in [0.2, 0.25) is 0 Å². The first-order chi connectivity index (χ1) is 11.6. The fraction of sp³-hybridized carbons (Fsp3) is 0.381. The number of rotatable bonds is 4. The average molecular weight is 340 g/mol. The number of nitrogens with one attached hydrogen (secondary N) is 2. The first-order valence-electron chi connectivity index (χ1n) is 8.52. The van der Waals surface area contributed by atoms with Crippen LogP contribution in [-0.4, -0.2) is 12.8 Å². The smallest absolute Gasteiger partial charge is 0.321 e. The Morgan fingerprint density at radius 2 is 1.60 bits per heavy atom. The van der Waals surface area contributed by atoms with Crippen LogP contribution in [0.5, 0.6) is 5.75 Å². The zero-order chi connectivity index (χ0) is 18.6. The van der Waals surface area contributed by atoms with Crippen LogP contribution >= 0.6 is 0 Å². The van der Waals surface area contributed by atoms with E-state index in [9.17, 15) is 4.79 Å². The van der Waals surface area contributed by atoms with Crippen molar-refractivity contribution in [2.75, 3.05) is 12.0 Å². The summed E-state index contributed by atoms with van der Waals surface area (Å²) in [6.07, 6.45) is 0. The maximum atomic E-state index is 12.1. The second-order valence-electron chi connectivity index (χ2n) is 7.55. The molecule has 4 heteroatoms. The second-order valence-corrected chi connectivity index (χ2v) is 7.55. The minimum atomic E-state index is -0.283. The molecule has 25 heavy (non-hydrogen) atoms. The van der Waals surface area contributed by atoms with E-state index < -0.39 is 0 Å². The van der Waals surface area contributed by atoms with E-state index in [1.54, 1.807) is 0 Å². The quantitative estimate of drug-likeness (QED) is 0.764. The van der Waals surface area contributed by atoms with Crippen LogP contribution in [0.1, 0.15) is 43.0 Å². The van der Waals surface area contributed by atoms with Gasteiger partial charge in [0.25, 0.3) is 0 Å². The number of aryl methyl sites for hydroxylation is 3. The molecule has 2 aromatic rings. The van der Waals surface area contributed by atoms with Gasteiger partial charge in [-0.3, -0.25) is 0 Å². The molecular weight excluding hydrogens is 312 g/mol. The molecule has 2 aromatic carbocycles. The lowest BCUT2D eigenvalue weighted by molar-refractivity contribution is 0.233. The van der Waals surface area contributed by atoms with Gasteiger partial charge in [0.05, 0.1) is 0 Å². The van der Waals surface area contributed by atoms with E-state index in [-0.39, 0.29) is 18.2 Å². The number of amides is 2. The van der Waals surface area contributed by atoms with Crippen molar-refractivity contribution in [3.63, 3.8) is 0 Å². The predicted octanol–water partition coefficient (Wildman–Crippen LogP) is 5.07. The lowest BCUT2D eigenvalue weighted by Gasteiger charge is -2.23. The van der Waals surface area contributed by atoms with Crippen LogP contribution in [0.3, 0.4) is 0 Å². The monoisotopic (exact) mass is 340 g/mol. The Kier molecular flexibility index (Phi) is 5.73. The maximum absolute atomic E-state index is 12.1. The Morgan fingerprint density at radius 1 is 0.960 bits per heavy atom. The van der Waals surface area contributed by atoms with E-state index in [1.807, 2.05) is 38.1 Å². The van der Waals surface area contributed by atoms with Crippen molar-refractivity contribution >= 4 is 11.7 Å². The summed E-state index contributed by atoms with van der Waals surface area (Å²) in [5, 5.41) is 5.57. The number of carbonyl (C=O) groups is 1. The molecule has 134 valence electrons. The molecule has 0 bridgehead atoms. The van der Waals surface area contributed by atoms with Gasteiger partial charge in [-0.05, 0) is 61.1 Å². The molecule has 4 nitrogen and oxygen atoms in total. The van der Waals surface area contributed by atoms with E-state index in [4.69, 9.17) is 4.74 Å². The van der Waals surface area contributed by atoms with Crippen LogP contribution in [0.15, 0.2) is 36.4 Å². The Morgan fingerprint density at radius 3 is 2.20 bits per heavy atom. The van der Waals surface area contributed by atoms with Crippen LogP contribution in [0.4, 0.5) is 10.5 Å². The van der Waals surface area contributed by atoms with Gasteiger partial charge < -0.3 is 15.4 Å². The first-order valence-corrected chi connectivity index (χ1v) is 8.52. The van der Waals surface area contributed by atoms with Crippen molar-refractivity contribution in [3.8, 4) is 5.75 Å². The highest BCUT2D eigenvalue weighted by molar-refractivity contribution is 5.89. The molecule has 0 unspecified atom stereocenters. The topological polar surface area (TPSA) is 50.4 Å². The number of benzene rings is 2. The highest BCUT2D eigenvalue weighted by Crippen LogP contribution is 2.31. The van der Waals surface area contributed by atoms with Crippen molar-refractivity contribution < 1.29 is 9.53 Å². The predicted molar refractivity (Wildman–Crippen MR) is 103 cm³/mol. The lowest BCUT2D eigenvalue weighted by Crippen LogP contribution is -2.32. The summed E-state index contributed by atoms with van der Waals surface area (Å²) in [5.41, 5.74) is 5.30. The number of ether oxygens (including phenoxy) is 1. The van der Waals surface area contributed by atoms with Crippen molar-refractivity contribution in [2.45, 2.75) is 47.0 Å². The molecule has 0 saturated heterocycles. The van der Waals surface area contributed by atoms with Crippen molar-refractivity contribution in [1.29, 1.82) is 0 Å². The van der Waals surface area contributed by atoms with Gasteiger partial charge in [0, 0.05) is 5.69 Å². The molecular formula is C21H28N2O2. The van der Waals surface area contributed by atoms with Gasteiger partial charge in [0.15, 0.2) is 6.73 Å². The molecule has 2 amide bonds. The molecule has 0 saturated carbocycles. The number of carbonyl (C=O) groups excluding carboxylic acids is 1. The summed E-state index contributed by atoms with van der Waals surface area (Å²) in [6, 6.07) is 11.8. The molecule has 0 radical (unpaired) electrons. The standard InChI is InChI=1S/C21H28N2O2/c1-14-7-8-19(18(12-14)21(4,5)6)25-13-22-20(24)23-17-10-15(2)9-16(3)11-17/h7-12H,13H2,1-6H3,(H2,22,23,24). The van der Waals surface area contributed by atoms with Gasteiger partial charge in [-0.2, -0.15) is 0 Å². The summed E-state index contributed by atoms with van der Waals surface area (Å²) in [4.78, 5) is 12.1. The Bertz CT molecular complexity index is 741. The molecule has 0 aromatic heterocycles. The van der Waals surface area contributed by atoms with Gasteiger partial charge in [-0.15, -0.1) is 0 Å². The Hall–Kier alpha value is -2.49. The molecule has 0 heterocycles. The van der Waals surface area contributed by atoms with Crippen molar-refractivity contribution in [3.05, 3.63) is 58.7 Å². The zero-order valence-electron chi connectivity index (χ0n) is 16.0.